The van der Waals surface area contributed by atoms with E-state index >= 15 is 0 Å². The Labute approximate surface area is 209 Å². The molecule has 0 saturated carbocycles. The minimum Gasteiger partial charge on any atom is -0.394 e. The fourth-order valence-corrected chi connectivity index (χ4v) is 5.61. The molecule has 0 bridgehead atoms. The SMILES string of the molecule is CC(C)C[C@@H]1NC(=O)C(Cc2ccccc2)CCCCCCC2(CCNC2=O)C[C@@H](CO)NC1=O. The summed E-state index contributed by atoms with van der Waals surface area (Å²) in [7, 11) is 0. The molecule has 2 fully saturated rings. The lowest BCUT2D eigenvalue weighted by atomic mass is 9.75. The zero-order chi connectivity index (χ0) is 25.3. The van der Waals surface area contributed by atoms with Crippen LogP contribution in [0.2, 0.25) is 0 Å². The molecule has 0 radical (unpaired) electrons. The van der Waals surface area contributed by atoms with Gasteiger partial charge >= 0.3 is 0 Å². The molecule has 2 aliphatic rings. The normalized spacial score (nSPS) is 29.3. The first-order valence-corrected chi connectivity index (χ1v) is 13.4. The van der Waals surface area contributed by atoms with Crippen molar-refractivity contribution in [2.75, 3.05) is 13.2 Å². The van der Waals surface area contributed by atoms with Crippen molar-refractivity contribution in [3.05, 3.63) is 35.9 Å². The highest BCUT2D eigenvalue weighted by molar-refractivity contribution is 5.89. The third-order valence-corrected chi connectivity index (χ3v) is 7.57. The second-order valence-corrected chi connectivity index (χ2v) is 10.9. The van der Waals surface area contributed by atoms with Gasteiger partial charge in [-0.15, -0.1) is 0 Å². The van der Waals surface area contributed by atoms with Gasteiger partial charge in [0.15, 0.2) is 0 Å². The van der Waals surface area contributed by atoms with Crippen molar-refractivity contribution < 1.29 is 19.5 Å². The molecule has 3 rings (SSSR count). The molecule has 2 saturated heterocycles. The first kappa shape index (κ1) is 27.2. The molecular weight excluding hydrogens is 442 g/mol. The molecule has 0 aromatic heterocycles. The molecule has 1 aromatic carbocycles. The van der Waals surface area contributed by atoms with E-state index in [9.17, 15) is 19.5 Å². The molecule has 35 heavy (non-hydrogen) atoms. The lowest BCUT2D eigenvalue weighted by molar-refractivity contribution is -0.133. The van der Waals surface area contributed by atoms with Crippen LogP contribution in [0.15, 0.2) is 30.3 Å². The predicted octanol–water partition coefficient (Wildman–Crippen LogP) is 3.10. The van der Waals surface area contributed by atoms with Crippen molar-refractivity contribution in [1.29, 1.82) is 0 Å². The van der Waals surface area contributed by atoms with Gasteiger partial charge in [0, 0.05) is 12.5 Å². The Bertz CT molecular complexity index is 844. The van der Waals surface area contributed by atoms with Gasteiger partial charge in [0.2, 0.25) is 17.7 Å². The highest BCUT2D eigenvalue weighted by atomic mass is 16.3. The Morgan fingerprint density at radius 2 is 1.71 bits per heavy atom. The van der Waals surface area contributed by atoms with Gasteiger partial charge in [0.05, 0.1) is 18.1 Å². The van der Waals surface area contributed by atoms with Gasteiger partial charge in [0.25, 0.3) is 0 Å². The zero-order valence-corrected chi connectivity index (χ0v) is 21.4. The van der Waals surface area contributed by atoms with Gasteiger partial charge in [-0.1, -0.05) is 69.9 Å². The molecule has 2 unspecified atom stereocenters. The topological polar surface area (TPSA) is 108 Å². The maximum absolute atomic E-state index is 13.4. The van der Waals surface area contributed by atoms with Crippen LogP contribution in [0.1, 0.15) is 77.2 Å². The molecule has 7 heteroatoms. The largest absolute Gasteiger partial charge is 0.394 e. The summed E-state index contributed by atoms with van der Waals surface area (Å²) in [6.45, 7) is 4.45. The second-order valence-electron chi connectivity index (χ2n) is 10.9. The molecule has 2 aliphatic heterocycles. The van der Waals surface area contributed by atoms with Crippen molar-refractivity contribution in [1.82, 2.24) is 16.0 Å². The first-order valence-electron chi connectivity index (χ1n) is 13.4. The second kappa shape index (κ2) is 13.1. The maximum atomic E-state index is 13.4. The van der Waals surface area contributed by atoms with E-state index in [-0.39, 0.29) is 36.2 Å². The van der Waals surface area contributed by atoms with Gasteiger partial charge in [-0.25, -0.2) is 0 Å². The summed E-state index contributed by atoms with van der Waals surface area (Å²) in [6, 6.07) is 8.82. The average molecular weight is 486 g/mol. The van der Waals surface area contributed by atoms with Crippen LogP contribution >= 0.6 is 0 Å². The van der Waals surface area contributed by atoms with Crippen LogP contribution in [0.3, 0.4) is 0 Å². The fraction of sp³-hybridized carbons (Fsp3) is 0.679. The van der Waals surface area contributed by atoms with Crippen molar-refractivity contribution in [2.24, 2.45) is 17.3 Å². The predicted molar refractivity (Wildman–Crippen MR) is 136 cm³/mol. The number of aliphatic hydroxyl groups excluding tert-OH is 1. The molecule has 3 amide bonds. The number of carbonyl (C=O) groups excluding carboxylic acids is 3. The lowest BCUT2D eigenvalue weighted by Gasteiger charge is -2.31. The Morgan fingerprint density at radius 1 is 0.971 bits per heavy atom. The third-order valence-electron chi connectivity index (χ3n) is 7.57. The summed E-state index contributed by atoms with van der Waals surface area (Å²) >= 11 is 0. The molecule has 194 valence electrons. The number of nitrogens with one attached hydrogen (secondary N) is 3. The summed E-state index contributed by atoms with van der Waals surface area (Å²) in [5, 5.41) is 19.0. The van der Waals surface area contributed by atoms with Crippen LogP contribution in [0.25, 0.3) is 0 Å². The molecule has 1 spiro atoms. The molecule has 1 aromatic rings. The zero-order valence-electron chi connectivity index (χ0n) is 21.4. The van der Waals surface area contributed by atoms with E-state index in [4.69, 9.17) is 0 Å². The summed E-state index contributed by atoms with van der Waals surface area (Å²) < 4.78 is 0. The molecule has 4 N–H and O–H groups in total. The summed E-state index contributed by atoms with van der Waals surface area (Å²) in [5.41, 5.74) is 0.568. The quantitative estimate of drug-likeness (QED) is 0.514. The van der Waals surface area contributed by atoms with Gasteiger partial charge < -0.3 is 21.1 Å². The molecule has 4 atom stereocenters. The smallest absolute Gasteiger partial charge is 0.242 e. The van der Waals surface area contributed by atoms with Gasteiger partial charge in [0.1, 0.15) is 6.04 Å². The summed E-state index contributed by atoms with van der Waals surface area (Å²) in [5.74, 6) is -0.333. The molecular formula is C28H43N3O4. The lowest BCUT2D eigenvalue weighted by Crippen LogP contribution is -2.53. The number of benzene rings is 1. The van der Waals surface area contributed by atoms with Crippen molar-refractivity contribution in [3.8, 4) is 0 Å². The minimum absolute atomic E-state index is 0.0319. The average Bonchev–Trinajstić information content (AvgIpc) is 3.18. The first-order chi connectivity index (χ1) is 16.8. The summed E-state index contributed by atoms with van der Waals surface area (Å²) in [6.07, 6.45) is 7.68. The van der Waals surface area contributed by atoms with E-state index in [0.717, 1.165) is 50.5 Å². The number of hydrogen-bond donors (Lipinski definition) is 4. The van der Waals surface area contributed by atoms with E-state index in [2.05, 4.69) is 16.0 Å². The number of amides is 3. The maximum Gasteiger partial charge on any atom is 0.242 e. The number of carbonyl (C=O) groups is 3. The molecule has 0 aliphatic carbocycles. The van der Waals surface area contributed by atoms with E-state index in [1.54, 1.807) is 0 Å². The highest BCUT2D eigenvalue weighted by Crippen LogP contribution is 2.38. The molecule has 7 nitrogen and oxygen atoms in total. The van der Waals surface area contributed by atoms with E-state index in [0.29, 0.717) is 25.8 Å². The van der Waals surface area contributed by atoms with Crippen LogP contribution in [0.5, 0.6) is 0 Å². The van der Waals surface area contributed by atoms with Gasteiger partial charge in [-0.2, -0.15) is 0 Å². The minimum atomic E-state index is -0.673. The highest BCUT2D eigenvalue weighted by Gasteiger charge is 2.43. The Hall–Kier alpha value is -2.41. The van der Waals surface area contributed by atoms with Gasteiger partial charge in [-0.3, -0.25) is 14.4 Å². The number of rotatable bonds is 5. The number of hydrogen-bond acceptors (Lipinski definition) is 4. The van der Waals surface area contributed by atoms with Crippen molar-refractivity contribution in [2.45, 2.75) is 90.1 Å². The van der Waals surface area contributed by atoms with Crippen LogP contribution in [-0.2, 0) is 20.8 Å². The Morgan fingerprint density at radius 3 is 2.37 bits per heavy atom. The standard InChI is InChI=1S/C28H43N3O4/c1-20(2)16-24-26(34)30-23(19-32)18-28(14-15-29-27(28)35)13-9-4-3-8-12-22(25(33)31-24)17-21-10-6-5-7-11-21/h5-7,10-11,20,22-24,32H,3-4,8-9,12-19H2,1-2H3,(H,29,35)(H,30,34)(H,31,33)/t22?,23-,24-,28?/m0/s1. The van der Waals surface area contributed by atoms with Crippen LogP contribution in [-0.4, -0.2) is 48.1 Å². The van der Waals surface area contributed by atoms with Gasteiger partial charge in [-0.05, 0) is 50.0 Å². The molecule has 2 heterocycles. The number of aliphatic hydroxyl groups is 1. The summed E-state index contributed by atoms with van der Waals surface area (Å²) in [4.78, 5) is 39.5. The third kappa shape index (κ3) is 7.79. The van der Waals surface area contributed by atoms with E-state index < -0.39 is 17.5 Å². The van der Waals surface area contributed by atoms with E-state index in [1.165, 1.54) is 0 Å². The van der Waals surface area contributed by atoms with Crippen molar-refractivity contribution >= 4 is 17.7 Å². The van der Waals surface area contributed by atoms with Crippen molar-refractivity contribution in [3.63, 3.8) is 0 Å². The monoisotopic (exact) mass is 485 g/mol. The van der Waals surface area contributed by atoms with Crippen LogP contribution in [0.4, 0.5) is 0 Å². The Kier molecular flexibility index (Phi) is 10.1. The van der Waals surface area contributed by atoms with Crippen LogP contribution < -0.4 is 16.0 Å². The van der Waals surface area contributed by atoms with E-state index in [1.807, 2.05) is 44.2 Å². The fourth-order valence-electron chi connectivity index (χ4n) is 5.61. The van der Waals surface area contributed by atoms with Crippen LogP contribution in [0, 0.1) is 17.3 Å². The Balaban J connectivity index is 1.82.